The Morgan fingerprint density at radius 3 is 2.77 bits per heavy atom. The van der Waals surface area contributed by atoms with Crippen molar-refractivity contribution in [3.05, 3.63) is 45.2 Å². The third-order valence-electron chi connectivity index (χ3n) is 3.96. The fraction of sp³-hybridized carbons (Fsp3) is 0.111. The number of ether oxygens (including phenoxy) is 1. The number of halogens is 1. The van der Waals surface area contributed by atoms with Crippen molar-refractivity contribution in [1.29, 1.82) is 0 Å². The molecule has 1 heterocycles. The number of hydrogen-bond acceptors (Lipinski definition) is 3. The van der Waals surface area contributed by atoms with E-state index < -0.39 is 0 Å². The van der Waals surface area contributed by atoms with Crippen molar-refractivity contribution >= 4 is 55.5 Å². The number of fused-ring (bicyclic) bond motifs is 4. The number of benzene rings is 2. The fourth-order valence-electron chi connectivity index (χ4n) is 2.89. The number of ketones is 1. The van der Waals surface area contributed by atoms with E-state index in [0.717, 1.165) is 36.6 Å². The first-order valence-electron chi connectivity index (χ1n) is 6.97. The molecule has 1 aliphatic rings. The maximum atomic E-state index is 11.6. The predicted octanol–water partition coefficient (Wildman–Crippen LogP) is 2.69. The Morgan fingerprint density at radius 2 is 1.95 bits per heavy atom. The first-order chi connectivity index (χ1) is 10.7. The Balaban J connectivity index is 2.16. The van der Waals surface area contributed by atoms with Gasteiger partial charge in [0.15, 0.2) is 5.78 Å². The van der Waals surface area contributed by atoms with Crippen LogP contribution in [0.2, 0.25) is 0 Å². The standard InChI is InChI=1S/C18H12BrNO2/c1-22-18-16(19)9-12-3-2-11-6-13-7-14(21)5-4-10(13)8-15(11)17(12)20-18/h2-4,6-9H,5H2,1H3. The van der Waals surface area contributed by atoms with Crippen LogP contribution in [0.5, 0.6) is 5.88 Å². The highest BCUT2D eigenvalue weighted by Gasteiger charge is 2.09. The first-order valence-corrected chi connectivity index (χ1v) is 7.77. The normalized spacial score (nSPS) is 13.6. The summed E-state index contributed by atoms with van der Waals surface area (Å²) < 4.78 is 6.15. The highest BCUT2D eigenvalue weighted by atomic mass is 79.9. The van der Waals surface area contributed by atoms with Crippen molar-refractivity contribution in [3.63, 3.8) is 0 Å². The average Bonchev–Trinajstić information content (AvgIpc) is 2.52. The van der Waals surface area contributed by atoms with Gasteiger partial charge in [-0.25, -0.2) is 4.98 Å². The molecule has 0 atom stereocenters. The summed E-state index contributed by atoms with van der Waals surface area (Å²) >= 11 is 3.47. The average molecular weight is 354 g/mol. The van der Waals surface area contributed by atoms with Crippen LogP contribution >= 0.6 is 15.9 Å². The summed E-state index contributed by atoms with van der Waals surface area (Å²) in [5.74, 6) is 0.722. The summed E-state index contributed by atoms with van der Waals surface area (Å²) in [6, 6.07) is 10.3. The van der Waals surface area contributed by atoms with Gasteiger partial charge >= 0.3 is 0 Å². The van der Waals surface area contributed by atoms with Gasteiger partial charge in [-0.05, 0) is 56.0 Å². The lowest BCUT2D eigenvalue weighted by Crippen LogP contribution is -2.28. The van der Waals surface area contributed by atoms with Crippen molar-refractivity contribution in [2.45, 2.75) is 6.42 Å². The third kappa shape index (κ3) is 2.03. The summed E-state index contributed by atoms with van der Waals surface area (Å²) in [4.78, 5) is 16.2. The number of carbonyl (C=O) groups is 1. The van der Waals surface area contributed by atoms with E-state index in [1.807, 2.05) is 24.3 Å². The molecule has 0 saturated carbocycles. The number of hydrogen-bond donors (Lipinski definition) is 0. The molecule has 0 radical (unpaired) electrons. The molecule has 0 aliphatic heterocycles. The number of rotatable bonds is 1. The molecule has 0 saturated heterocycles. The van der Waals surface area contributed by atoms with Gasteiger partial charge in [0.2, 0.25) is 5.88 Å². The van der Waals surface area contributed by atoms with Crippen LogP contribution in [0.4, 0.5) is 0 Å². The number of Topliss-reactive ketones (excluding diaryl/α,β-unsaturated/α-hetero) is 1. The van der Waals surface area contributed by atoms with Gasteiger partial charge in [0, 0.05) is 17.2 Å². The molecule has 3 aromatic rings. The third-order valence-corrected chi connectivity index (χ3v) is 4.53. The monoisotopic (exact) mass is 353 g/mol. The minimum Gasteiger partial charge on any atom is -0.480 e. The van der Waals surface area contributed by atoms with Crippen LogP contribution in [-0.2, 0) is 4.79 Å². The highest BCUT2D eigenvalue weighted by molar-refractivity contribution is 9.10. The lowest BCUT2D eigenvalue weighted by molar-refractivity contribution is -0.112. The molecule has 4 heteroatoms. The van der Waals surface area contributed by atoms with Crippen LogP contribution in [-0.4, -0.2) is 17.9 Å². The van der Waals surface area contributed by atoms with Crippen molar-refractivity contribution in [2.75, 3.05) is 7.11 Å². The lowest BCUT2D eigenvalue weighted by Gasteiger charge is -2.08. The van der Waals surface area contributed by atoms with E-state index in [9.17, 15) is 4.79 Å². The van der Waals surface area contributed by atoms with Crippen LogP contribution < -0.4 is 15.2 Å². The minimum atomic E-state index is 0.149. The van der Waals surface area contributed by atoms with E-state index in [1.54, 1.807) is 13.2 Å². The van der Waals surface area contributed by atoms with Gasteiger partial charge in [0.1, 0.15) is 0 Å². The molecule has 22 heavy (non-hydrogen) atoms. The minimum absolute atomic E-state index is 0.149. The highest BCUT2D eigenvalue weighted by Crippen LogP contribution is 2.30. The summed E-state index contributed by atoms with van der Waals surface area (Å²) in [7, 11) is 1.61. The molecule has 1 aromatic heterocycles. The van der Waals surface area contributed by atoms with Crippen LogP contribution in [0.1, 0.15) is 6.42 Å². The van der Waals surface area contributed by atoms with Crippen LogP contribution in [0, 0.1) is 0 Å². The maximum Gasteiger partial charge on any atom is 0.228 e. The molecule has 0 unspecified atom stereocenters. The van der Waals surface area contributed by atoms with Gasteiger partial charge in [-0.15, -0.1) is 0 Å². The predicted molar refractivity (Wildman–Crippen MR) is 91.3 cm³/mol. The molecule has 0 fully saturated rings. The molecule has 2 aromatic carbocycles. The van der Waals surface area contributed by atoms with Gasteiger partial charge in [0.25, 0.3) is 0 Å². The van der Waals surface area contributed by atoms with Crippen LogP contribution in [0.25, 0.3) is 33.8 Å². The van der Waals surface area contributed by atoms with Gasteiger partial charge in [-0.3, -0.25) is 4.79 Å². The fourth-order valence-corrected chi connectivity index (χ4v) is 3.39. The quantitative estimate of drug-likeness (QED) is 0.631. The Hall–Kier alpha value is -2.20. The van der Waals surface area contributed by atoms with Gasteiger partial charge in [0.05, 0.1) is 17.1 Å². The van der Waals surface area contributed by atoms with Crippen LogP contribution in [0.15, 0.2) is 34.8 Å². The van der Waals surface area contributed by atoms with Crippen molar-refractivity contribution in [3.8, 4) is 5.88 Å². The SMILES string of the molecule is COc1nc2c(ccc3cc4c(cc32)=CCC(=O)C=4)cc1Br. The number of pyridine rings is 1. The van der Waals surface area contributed by atoms with E-state index in [4.69, 9.17) is 4.74 Å². The molecule has 0 amide bonds. The molecule has 0 spiro atoms. The van der Waals surface area contributed by atoms with E-state index in [1.165, 1.54) is 0 Å². The molecule has 0 N–H and O–H groups in total. The second-order valence-corrected chi connectivity index (χ2v) is 6.19. The van der Waals surface area contributed by atoms with E-state index in [2.05, 4.69) is 33.0 Å². The summed E-state index contributed by atoms with van der Waals surface area (Å²) in [6.07, 6.45) is 4.16. The zero-order chi connectivity index (χ0) is 15.3. The number of carbonyl (C=O) groups excluding carboxylic acids is 1. The molecule has 4 rings (SSSR count). The van der Waals surface area contributed by atoms with Crippen LogP contribution in [0.3, 0.4) is 0 Å². The Morgan fingerprint density at radius 1 is 1.14 bits per heavy atom. The smallest absolute Gasteiger partial charge is 0.228 e. The largest absolute Gasteiger partial charge is 0.480 e. The summed E-state index contributed by atoms with van der Waals surface area (Å²) in [6.45, 7) is 0. The van der Waals surface area contributed by atoms with E-state index >= 15 is 0 Å². The zero-order valence-electron chi connectivity index (χ0n) is 11.9. The molecule has 3 nitrogen and oxygen atoms in total. The van der Waals surface area contributed by atoms with Crippen molar-refractivity contribution < 1.29 is 9.53 Å². The van der Waals surface area contributed by atoms with Gasteiger partial charge < -0.3 is 4.74 Å². The number of aromatic nitrogens is 1. The molecular formula is C18H12BrNO2. The Bertz CT molecular complexity index is 1070. The second kappa shape index (κ2) is 4.92. The van der Waals surface area contributed by atoms with Crippen molar-refractivity contribution in [1.82, 2.24) is 4.98 Å². The number of nitrogens with zero attached hydrogens (tertiary/aromatic N) is 1. The van der Waals surface area contributed by atoms with Gasteiger partial charge in [-0.2, -0.15) is 0 Å². The topological polar surface area (TPSA) is 39.2 Å². The molecule has 1 aliphatic carbocycles. The lowest BCUT2D eigenvalue weighted by atomic mass is 10.00. The molecule has 0 bridgehead atoms. The van der Waals surface area contributed by atoms with E-state index in [-0.39, 0.29) is 5.78 Å². The molecule has 108 valence electrons. The summed E-state index contributed by atoms with van der Waals surface area (Å²) in [5, 5.41) is 5.26. The van der Waals surface area contributed by atoms with Gasteiger partial charge in [-0.1, -0.05) is 18.2 Å². The second-order valence-electron chi connectivity index (χ2n) is 5.34. The summed E-state index contributed by atoms with van der Waals surface area (Å²) in [5.41, 5.74) is 0.908. The Labute approximate surface area is 135 Å². The van der Waals surface area contributed by atoms with Crippen molar-refractivity contribution in [2.24, 2.45) is 0 Å². The van der Waals surface area contributed by atoms with E-state index in [0.29, 0.717) is 12.3 Å². The first kappa shape index (κ1) is 13.5. The molecular weight excluding hydrogens is 342 g/mol. The maximum absolute atomic E-state index is 11.6. The Kier molecular flexibility index (Phi) is 3.01. The zero-order valence-corrected chi connectivity index (χ0v) is 13.5. The number of methoxy groups -OCH3 is 1.